The van der Waals surface area contributed by atoms with E-state index in [9.17, 15) is 14.7 Å². The normalized spacial score (nSPS) is 28.2. The molecule has 2 rings (SSSR count). The van der Waals surface area contributed by atoms with E-state index < -0.39 is 30.3 Å². The zero-order valence-corrected chi connectivity index (χ0v) is 17.7. The molecule has 2 aliphatic rings. The van der Waals surface area contributed by atoms with Gasteiger partial charge in [-0.25, -0.2) is 0 Å². The summed E-state index contributed by atoms with van der Waals surface area (Å²) in [5, 5.41) is 10.3. The molecule has 1 saturated heterocycles. The van der Waals surface area contributed by atoms with Crippen molar-refractivity contribution in [3.8, 4) is 0 Å². The average Bonchev–Trinajstić information content (AvgIpc) is 2.94. The Morgan fingerprint density at radius 1 is 1.24 bits per heavy atom. The standard InChI is InChI=1S/C22H34O7/c1-4-5-6-9-18(29-20-10-7-8-13-26-20)12-11-17-14-19(25)22(28-16(3)24)21(17)27-15(2)23/h11-12,14,18-22,25H,4-10,13H2,1-3H3/t18?,19?,20?,21-,22-/m0/s1. The summed E-state index contributed by atoms with van der Waals surface area (Å²) in [4.78, 5) is 22.9. The maximum absolute atomic E-state index is 11.5. The number of hydrogen-bond donors (Lipinski definition) is 1. The highest BCUT2D eigenvalue weighted by Crippen LogP contribution is 2.28. The molecule has 0 saturated carbocycles. The van der Waals surface area contributed by atoms with Gasteiger partial charge in [-0.05, 0) is 37.3 Å². The summed E-state index contributed by atoms with van der Waals surface area (Å²) in [6, 6.07) is 0. The van der Waals surface area contributed by atoms with Gasteiger partial charge in [-0.2, -0.15) is 0 Å². The van der Waals surface area contributed by atoms with Gasteiger partial charge in [-0.15, -0.1) is 0 Å². The summed E-state index contributed by atoms with van der Waals surface area (Å²) in [6.07, 6.45) is 9.22. The lowest BCUT2D eigenvalue weighted by atomic mass is 10.1. The quantitative estimate of drug-likeness (QED) is 0.437. The van der Waals surface area contributed by atoms with E-state index in [-0.39, 0.29) is 12.4 Å². The van der Waals surface area contributed by atoms with Crippen LogP contribution in [0.1, 0.15) is 65.7 Å². The van der Waals surface area contributed by atoms with Crippen molar-refractivity contribution in [1.82, 2.24) is 0 Å². The van der Waals surface area contributed by atoms with E-state index in [0.717, 1.165) is 44.9 Å². The molecule has 1 aliphatic heterocycles. The van der Waals surface area contributed by atoms with Gasteiger partial charge in [-0.3, -0.25) is 9.59 Å². The van der Waals surface area contributed by atoms with Crippen molar-refractivity contribution in [3.63, 3.8) is 0 Å². The van der Waals surface area contributed by atoms with Crippen LogP contribution in [0.15, 0.2) is 23.8 Å². The molecule has 1 aliphatic carbocycles. The molecule has 3 unspecified atom stereocenters. The second-order valence-corrected chi connectivity index (χ2v) is 7.59. The van der Waals surface area contributed by atoms with Crippen LogP contribution in [0.3, 0.4) is 0 Å². The molecule has 0 amide bonds. The van der Waals surface area contributed by atoms with Gasteiger partial charge in [-0.1, -0.05) is 38.3 Å². The molecule has 1 fully saturated rings. The monoisotopic (exact) mass is 410 g/mol. The molecule has 0 aromatic rings. The predicted octanol–water partition coefficient (Wildman–Crippen LogP) is 3.20. The van der Waals surface area contributed by atoms with Crippen molar-refractivity contribution in [2.75, 3.05) is 6.61 Å². The molecule has 164 valence electrons. The first-order valence-corrected chi connectivity index (χ1v) is 10.6. The number of carbonyl (C=O) groups is 2. The predicted molar refractivity (Wildman–Crippen MR) is 107 cm³/mol. The van der Waals surface area contributed by atoms with Crippen molar-refractivity contribution in [1.29, 1.82) is 0 Å². The SMILES string of the molecule is CCCCCC(C=CC1=CC(O)[C@H](OC(C)=O)[C@H]1OC(C)=O)OC1CCCCO1. The Balaban J connectivity index is 2.09. The minimum atomic E-state index is -1.04. The Morgan fingerprint density at radius 3 is 2.62 bits per heavy atom. The summed E-state index contributed by atoms with van der Waals surface area (Å²) in [7, 11) is 0. The van der Waals surface area contributed by atoms with Crippen LogP contribution in [0.5, 0.6) is 0 Å². The van der Waals surface area contributed by atoms with Crippen molar-refractivity contribution in [2.45, 2.75) is 96.4 Å². The summed E-state index contributed by atoms with van der Waals surface area (Å²) in [5.74, 6) is -1.05. The van der Waals surface area contributed by atoms with Gasteiger partial charge in [0.2, 0.25) is 0 Å². The summed E-state index contributed by atoms with van der Waals surface area (Å²) >= 11 is 0. The maximum atomic E-state index is 11.5. The Kier molecular flexibility index (Phi) is 9.84. The summed E-state index contributed by atoms with van der Waals surface area (Å²) in [6.45, 7) is 5.41. The van der Waals surface area contributed by atoms with E-state index in [1.54, 1.807) is 12.2 Å². The number of aliphatic hydroxyl groups excluding tert-OH is 1. The smallest absolute Gasteiger partial charge is 0.303 e. The first kappa shape index (κ1) is 23.6. The Morgan fingerprint density at radius 2 is 2.00 bits per heavy atom. The number of carbonyl (C=O) groups excluding carboxylic acids is 2. The van der Waals surface area contributed by atoms with Crippen LogP contribution in [0.25, 0.3) is 0 Å². The third-order valence-corrected chi connectivity index (χ3v) is 4.98. The van der Waals surface area contributed by atoms with Gasteiger partial charge in [0, 0.05) is 20.5 Å². The highest BCUT2D eigenvalue weighted by Gasteiger charge is 2.40. The number of esters is 2. The molecule has 7 nitrogen and oxygen atoms in total. The minimum Gasteiger partial charge on any atom is -0.455 e. The average molecular weight is 411 g/mol. The summed E-state index contributed by atoms with van der Waals surface area (Å²) < 4.78 is 22.3. The topological polar surface area (TPSA) is 91.3 Å². The highest BCUT2D eigenvalue weighted by atomic mass is 16.7. The molecular weight excluding hydrogens is 376 g/mol. The fraction of sp³-hybridized carbons (Fsp3) is 0.727. The molecule has 0 radical (unpaired) electrons. The van der Waals surface area contributed by atoms with Crippen LogP contribution in [-0.4, -0.2) is 54.4 Å². The van der Waals surface area contributed by atoms with Crippen LogP contribution >= 0.6 is 0 Å². The lowest BCUT2D eigenvalue weighted by Gasteiger charge is -2.27. The molecule has 5 atom stereocenters. The van der Waals surface area contributed by atoms with E-state index in [0.29, 0.717) is 12.2 Å². The minimum absolute atomic E-state index is 0.145. The van der Waals surface area contributed by atoms with Crippen LogP contribution < -0.4 is 0 Å². The largest absolute Gasteiger partial charge is 0.455 e. The van der Waals surface area contributed by atoms with Gasteiger partial charge in [0.25, 0.3) is 0 Å². The number of hydrogen-bond acceptors (Lipinski definition) is 7. The Labute approximate surface area is 173 Å². The fourth-order valence-corrected chi connectivity index (χ4v) is 3.58. The molecule has 1 heterocycles. The van der Waals surface area contributed by atoms with Crippen LogP contribution in [-0.2, 0) is 28.5 Å². The molecule has 0 bridgehead atoms. The molecule has 7 heteroatoms. The molecule has 0 aromatic heterocycles. The highest BCUT2D eigenvalue weighted by molar-refractivity contribution is 5.68. The zero-order valence-electron chi connectivity index (χ0n) is 17.7. The maximum Gasteiger partial charge on any atom is 0.303 e. The van der Waals surface area contributed by atoms with E-state index in [4.69, 9.17) is 18.9 Å². The van der Waals surface area contributed by atoms with Crippen molar-refractivity contribution in [3.05, 3.63) is 23.8 Å². The lowest BCUT2D eigenvalue weighted by Crippen LogP contribution is -2.38. The third-order valence-electron chi connectivity index (χ3n) is 4.98. The van der Waals surface area contributed by atoms with Gasteiger partial charge in [0.1, 0.15) is 6.10 Å². The van der Waals surface area contributed by atoms with Crippen LogP contribution in [0, 0.1) is 0 Å². The second kappa shape index (κ2) is 12.1. The number of ether oxygens (including phenoxy) is 4. The molecule has 0 spiro atoms. The van der Waals surface area contributed by atoms with Crippen LogP contribution in [0.4, 0.5) is 0 Å². The van der Waals surface area contributed by atoms with Crippen molar-refractivity contribution >= 4 is 11.9 Å². The van der Waals surface area contributed by atoms with Gasteiger partial charge in [0.05, 0.1) is 6.10 Å². The van der Waals surface area contributed by atoms with Crippen LogP contribution in [0.2, 0.25) is 0 Å². The Hall–Kier alpha value is -1.70. The third kappa shape index (κ3) is 7.91. The number of aliphatic hydroxyl groups is 1. The number of unbranched alkanes of at least 4 members (excludes halogenated alkanes) is 2. The van der Waals surface area contributed by atoms with E-state index >= 15 is 0 Å². The second-order valence-electron chi connectivity index (χ2n) is 7.59. The van der Waals surface area contributed by atoms with E-state index in [1.165, 1.54) is 13.8 Å². The first-order valence-electron chi connectivity index (χ1n) is 10.6. The Bertz CT molecular complexity index is 592. The molecule has 0 aromatic carbocycles. The van der Waals surface area contributed by atoms with Gasteiger partial charge >= 0.3 is 11.9 Å². The summed E-state index contributed by atoms with van der Waals surface area (Å²) in [5.41, 5.74) is 0.590. The fourth-order valence-electron chi connectivity index (χ4n) is 3.58. The zero-order chi connectivity index (χ0) is 21.2. The molecule has 1 N–H and O–H groups in total. The van der Waals surface area contributed by atoms with Crippen molar-refractivity contribution in [2.24, 2.45) is 0 Å². The molecular formula is C22H34O7. The lowest BCUT2D eigenvalue weighted by molar-refractivity contribution is -0.179. The van der Waals surface area contributed by atoms with Gasteiger partial charge in [0.15, 0.2) is 18.5 Å². The van der Waals surface area contributed by atoms with Crippen molar-refractivity contribution < 1.29 is 33.6 Å². The number of rotatable bonds is 10. The van der Waals surface area contributed by atoms with Gasteiger partial charge < -0.3 is 24.1 Å². The molecule has 29 heavy (non-hydrogen) atoms. The first-order chi connectivity index (χ1) is 13.9. The van der Waals surface area contributed by atoms with E-state index in [2.05, 4.69) is 6.92 Å². The van der Waals surface area contributed by atoms with E-state index in [1.807, 2.05) is 6.08 Å².